The first-order chi connectivity index (χ1) is 14.5. The van der Waals surface area contributed by atoms with Crippen molar-refractivity contribution < 1.29 is 13.2 Å². The Kier molecular flexibility index (Phi) is 5.19. The number of carbonyl (C=O) groups excluding carboxylic acids is 1. The summed E-state index contributed by atoms with van der Waals surface area (Å²) in [6.07, 6.45) is 2.57. The minimum absolute atomic E-state index is 0.00864. The van der Waals surface area contributed by atoms with Crippen LogP contribution in [0.1, 0.15) is 22.5 Å². The van der Waals surface area contributed by atoms with Crippen LogP contribution in [0.4, 0.5) is 0 Å². The first kappa shape index (κ1) is 21.5. The molecule has 4 rings (SSSR count). The summed E-state index contributed by atoms with van der Waals surface area (Å²) in [4.78, 5) is 17.6. The highest BCUT2D eigenvalue weighted by Crippen LogP contribution is 2.31. The van der Waals surface area contributed by atoms with Gasteiger partial charge in [0.15, 0.2) is 0 Å². The molecule has 1 aromatic heterocycles. The van der Waals surface area contributed by atoms with Crippen molar-refractivity contribution in [3.63, 3.8) is 0 Å². The number of amidine groups is 3. The molecule has 0 spiro atoms. The van der Waals surface area contributed by atoms with Crippen LogP contribution < -0.4 is 0 Å². The van der Waals surface area contributed by atoms with Crippen LogP contribution in [0.15, 0.2) is 39.2 Å². The van der Waals surface area contributed by atoms with Crippen molar-refractivity contribution >= 4 is 61.5 Å². The number of aryl methyl sites for hydroxylation is 2. The number of nitrogens with one attached hydrogen (secondary N) is 1. The molecule has 31 heavy (non-hydrogen) atoms. The minimum Gasteiger partial charge on any atom is -0.318 e. The van der Waals surface area contributed by atoms with E-state index in [4.69, 9.17) is 17.0 Å². The molecule has 0 atom stereocenters. The first-order valence-electron chi connectivity index (χ1n) is 9.13. The van der Waals surface area contributed by atoms with Gasteiger partial charge in [-0.05, 0) is 56.2 Å². The molecule has 1 aromatic carbocycles. The van der Waals surface area contributed by atoms with E-state index >= 15 is 0 Å². The smallest absolute Gasteiger partial charge is 0.283 e. The Hall–Kier alpha value is -2.69. The van der Waals surface area contributed by atoms with E-state index in [-0.39, 0.29) is 21.7 Å². The molecule has 11 heteroatoms. The van der Waals surface area contributed by atoms with Gasteiger partial charge in [-0.1, -0.05) is 17.7 Å². The van der Waals surface area contributed by atoms with Gasteiger partial charge in [-0.3, -0.25) is 10.2 Å². The molecular weight excluding hydrogens is 458 g/mol. The molecule has 0 bridgehead atoms. The Morgan fingerprint density at radius 1 is 1.19 bits per heavy atom. The molecule has 1 amide bonds. The van der Waals surface area contributed by atoms with Gasteiger partial charge in [-0.2, -0.15) is 9.39 Å². The zero-order valence-electron chi connectivity index (χ0n) is 17.1. The maximum Gasteiger partial charge on any atom is 0.283 e. The quantitative estimate of drug-likeness (QED) is 0.526. The third-order valence-corrected chi connectivity index (χ3v) is 7.00. The van der Waals surface area contributed by atoms with Crippen LogP contribution in [-0.2, 0) is 14.6 Å². The molecule has 0 aliphatic carbocycles. The number of nitrogens with zero attached hydrogens (tertiary/aromatic N) is 4. The van der Waals surface area contributed by atoms with Crippen molar-refractivity contribution in [1.82, 2.24) is 9.47 Å². The van der Waals surface area contributed by atoms with Gasteiger partial charge >= 0.3 is 0 Å². The highest BCUT2D eigenvalue weighted by molar-refractivity contribution is 8.16. The Labute approximate surface area is 188 Å². The molecule has 0 saturated carbocycles. The van der Waals surface area contributed by atoms with Gasteiger partial charge in [-0.15, -0.1) is 0 Å². The number of aliphatic imine (C=N–C) groups is 1. The number of carbonyl (C=O) groups is 1. The van der Waals surface area contributed by atoms with E-state index in [1.54, 1.807) is 6.08 Å². The molecule has 0 fully saturated rings. The summed E-state index contributed by atoms with van der Waals surface area (Å²) >= 11 is 6.96. The van der Waals surface area contributed by atoms with E-state index in [1.807, 2.05) is 49.6 Å². The average molecular weight is 476 g/mol. The van der Waals surface area contributed by atoms with Crippen molar-refractivity contribution in [3.8, 4) is 5.69 Å². The third-order valence-electron chi connectivity index (χ3n) is 5.01. The van der Waals surface area contributed by atoms with Gasteiger partial charge in [0.25, 0.3) is 5.91 Å². The maximum absolute atomic E-state index is 12.6. The van der Waals surface area contributed by atoms with Crippen LogP contribution in [-0.4, -0.2) is 46.2 Å². The Balaban J connectivity index is 1.81. The second kappa shape index (κ2) is 7.47. The summed E-state index contributed by atoms with van der Waals surface area (Å²) in [5, 5.41) is 8.86. The summed E-state index contributed by atoms with van der Waals surface area (Å²) in [6, 6.07) is 7.52. The molecule has 1 N–H and O–H groups in total. The molecule has 160 valence electrons. The van der Waals surface area contributed by atoms with Crippen LogP contribution in [0.25, 0.3) is 11.8 Å². The highest BCUT2D eigenvalue weighted by Gasteiger charge is 2.41. The number of halogens is 1. The number of hydrogen-bond donors (Lipinski definition) is 1. The minimum atomic E-state index is -3.70. The molecule has 8 nitrogen and oxygen atoms in total. The summed E-state index contributed by atoms with van der Waals surface area (Å²) < 4.78 is 30.0. The van der Waals surface area contributed by atoms with Crippen molar-refractivity contribution in [3.05, 3.63) is 57.4 Å². The van der Waals surface area contributed by atoms with Crippen LogP contribution >= 0.6 is 23.5 Å². The van der Waals surface area contributed by atoms with Crippen molar-refractivity contribution in [2.45, 2.75) is 20.8 Å². The molecule has 0 saturated heterocycles. The van der Waals surface area contributed by atoms with Crippen molar-refractivity contribution in [1.29, 1.82) is 5.41 Å². The van der Waals surface area contributed by atoms with Gasteiger partial charge in [-0.25, -0.2) is 13.3 Å². The number of rotatable bonds is 2. The lowest BCUT2D eigenvalue weighted by atomic mass is 10.1. The number of hydrogen-bond acceptors (Lipinski definition) is 6. The predicted molar refractivity (Wildman–Crippen MR) is 125 cm³/mol. The average Bonchev–Trinajstić information content (AvgIpc) is 3.22. The number of sulfone groups is 1. The summed E-state index contributed by atoms with van der Waals surface area (Å²) in [6.45, 7) is 5.82. The first-order valence-corrected chi connectivity index (χ1v) is 12.2. The van der Waals surface area contributed by atoms with Crippen LogP contribution in [0, 0.1) is 26.2 Å². The second-order valence-electron chi connectivity index (χ2n) is 7.27. The number of fused-ring (bicyclic) bond motifs is 1. The molecule has 2 aliphatic rings. The normalized spacial score (nSPS) is 17.8. The monoisotopic (exact) mass is 475 g/mol. The van der Waals surface area contributed by atoms with Crippen LogP contribution in [0.5, 0.6) is 0 Å². The van der Waals surface area contributed by atoms with Gasteiger partial charge < -0.3 is 4.57 Å². The standard InChI is InChI=1S/C20H18ClN5O3S2/c1-10-5-6-14(21)9-16(10)25-11(2)7-13(12(25)3)8-15-17(22)26-19(23-18(15)27)30-24-20(26)31(4,28)29/h5-9,22H,1-4H3/b15-8-,22-17?. The highest BCUT2D eigenvalue weighted by atomic mass is 35.5. The number of amides is 1. The fraction of sp³-hybridized carbons (Fsp3) is 0.200. The summed E-state index contributed by atoms with van der Waals surface area (Å²) in [5.74, 6) is -0.884. The van der Waals surface area contributed by atoms with Crippen LogP contribution in [0.3, 0.4) is 0 Å². The van der Waals surface area contributed by atoms with Crippen LogP contribution in [0.2, 0.25) is 5.02 Å². The second-order valence-corrected chi connectivity index (χ2v) is 10.3. The zero-order valence-corrected chi connectivity index (χ0v) is 19.5. The Morgan fingerprint density at radius 3 is 2.58 bits per heavy atom. The van der Waals surface area contributed by atoms with Gasteiger partial charge in [0.05, 0.1) is 17.5 Å². The SMILES string of the molecule is Cc1ccc(Cl)cc1-n1c(C)cc(/C=C2/C(=N)N3C(=NC2=O)SN=C3S(C)(=O)=O)c1C. The summed E-state index contributed by atoms with van der Waals surface area (Å²) in [5.41, 5.74) is 4.42. The molecular formula is C20H18ClN5O3S2. The van der Waals surface area contributed by atoms with Gasteiger partial charge in [0.1, 0.15) is 5.84 Å². The van der Waals surface area contributed by atoms with Crippen molar-refractivity contribution in [2.24, 2.45) is 9.39 Å². The van der Waals surface area contributed by atoms with E-state index in [0.29, 0.717) is 10.6 Å². The predicted octanol–water partition coefficient (Wildman–Crippen LogP) is 3.68. The van der Waals surface area contributed by atoms with E-state index < -0.39 is 15.7 Å². The fourth-order valence-corrected chi connectivity index (χ4v) is 5.53. The van der Waals surface area contributed by atoms with Crippen molar-refractivity contribution in [2.75, 3.05) is 6.26 Å². The molecule has 0 unspecified atom stereocenters. The lowest BCUT2D eigenvalue weighted by molar-refractivity contribution is -0.114. The zero-order chi connectivity index (χ0) is 22.7. The maximum atomic E-state index is 12.6. The molecule has 2 aromatic rings. The topological polar surface area (TPSA) is 108 Å². The third kappa shape index (κ3) is 3.64. The lowest BCUT2D eigenvalue weighted by Gasteiger charge is -2.23. The largest absolute Gasteiger partial charge is 0.318 e. The van der Waals surface area contributed by atoms with E-state index in [1.165, 1.54) is 0 Å². The lowest BCUT2D eigenvalue weighted by Crippen LogP contribution is -2.45. The molecule has 2 aliphatic heterocycles. The fourth-order valence-electron chi connectivity index (χ4n) is 3.52. The molecule has 3 heterocycles. The van der Waals surface area contributed by atoms with Gasteiger partial charge in [0, 0.05) is 28.4 Å². The molecule has 0 radical (unpaired) electrons. The summed E-state index contributed by atoms with van der Waals surface area (Å²) in [7, 11) is -3.70. The van der Waals surface area contributed by atoms with E-state index in [9.17, 15) is 13.2 Å². The Bertz CT molecular complexity index is 1370. The number of aromatic nitrogens is 1. The van der Waals surface area contributed by atoms with Gasteiger partial charge in [0.2, 0.25) is 20.2 Å². The van der Waals surface area contributed by atoms with E-state index in [2.05, 4.69) is 9.39 Å². The number of benzene rings is 1. The Morgan fingerprint density at radius 2 is 1.90 bits per heavy atom. The van der Waals surface area contributed by atoms with E-state index in [0.717, 1.165) is 45.7 Å².